The van der Waals surface area contributed by atoms with Crippen LogP contribution >= 0.6 is 11.3 Å². The van der Waals surface area contributed by atoms with Crippen LogP contribution in [0.3, 0.4) is 0 Å². The second-order valence-electron chi connectivity index (χ2n) is 4.59. The smallest absolute Gasteiger partial charge is 0.321 e. The van der Waals surface area contributed by atoms with Gasteiger partial charge in [0, 0.05) is 30.5 Å². The molecule has 0 fully saturated rings. The summed E-state index contributed by atoms with van der Waals surface area (Å²) in [6, 6.07) is 9.76. The molecule has 0 saturated heterocycles. The van der Waals surface area contributed by atoms with Crippen LogP contribution in [-0.2, 0) is 6.42 Å². The van der Waals surface area contributed by atoms with E-state index < -0.39 is 0 Å². The zero-order chi connectivity index (χ0) is 15.2. The molecule has 22 heavy (non-hydrogen) atoms. The summed E-state index contributed by atoms with van der Waals surface area (Å²) < 4.78 is 1.81. The summed E-state index contributed by atoms with van der Waals surface area (Å²) in [5.41, 5.74) is 2.17. The third-order valence-corrected chi connectivity index (χ3v) is 3.75. The number of carbonyl (C=O) groups excluding carboxylic acids is 1. The molecule has 6 nitrogen and oxygen atoms in total. The highest BCUT2D eigenvalue weighted by molar-refractivity contribution is 7.13. The Hall–Kier alpha value is -2.67. The molecule has 2 N–H and O–H groups in total. The first kappa shape index (κ1) is 14.3. The first-order valence-corrected chi connectivity index (χ1v) is 7.72. The number of amides is 2. The molecule has 7 heteroatoms. The molecule has 2 aromatic heterocycles. The maximum Gasteiger partial charge on any atom is 0.321 e. The molecule has 0 aliphatic rings. The average molecular weight is 313 g/mol. The molecule has 112 valence electrons. The lowest BCUT2D eigenvalue weighted by Gasteiger charge is -2.06. The van der Waals surface area contributed by atoms with E-state index in [2.05, 4.69) is 20.7 Å². The molecule has 0 saturated carbocycles. The van der Waals surface area contributed by atoms with Crippen LogP contribution in [0.4, 0.5) is 9.93 Å². The molecule has 2 heterocycles. The van der Waals surface area contributed by atoms with Gasteiger partial charge in [-0.25, -0.2) is 14.5 Å². The standard InChI is InChI=1S/C15H15N5OS/c21-14(19-15-17-9-11-22-15)16-8-6-12-2-4-13(5-3-12)20-10-1-7-18-20/h1-5,7,9-11H,6,8H2,(H2,16,17,19,21). The van der Waals surface area contributed by atoms with Gasteiger partial charge in [-0.3, -0.25) is 5.32 Å². The van der Waals surface area contributed by atoms with E-state index in [0.29, 0.717) is 11.7 Å². The molecule has 1 aromatic carbocycles. The van der Waals surface area contributed by atoms with E-state index in [0.717, 1.165) is 17.7 Å². The topological polar surface area (TPSA) is 71.8 Å². The Morgan fingerprint density at radius 1 is 1.23 bits per heavy atom. The van der Waals surface area contributed by atoms with Gasteiger partial charge < -0.3 is 5.32 Å². The van der Waals surface area contributed by atoms with Crippen LogP contribution in [0.25, 0.3) is 5.69 Å². The van der Waals surface area contributed by atoms with Crippen molar-refractivity contribution in [1.29, 1.82) is 0 Å². The second kappa shape index (κ2) is 6.86. The summed E-state index contributed by atoms with van der Waals surface area (Å²) in [7, 11) is 0. The summed E-state index contributed by atoms with van der Waals surface area (Å²) >= 11 is 1.39. The number of rotatable bonds is 5. The van der Waals surface area contributed by atoms with Crippen LogP contribution in [0.2, 0.25) is 0 Å². The van der Waals surface area contributed by atoms with Crippen molar-refractivity contribution in [2.75, 3.05) is 11.9 Å². The van der Waals surface area contributed by atoms with Crippen molar-refractivity contribution in [2.45, 2.75) is 6.42 Å². The van der Waals surface area contributed by atoms with Gasteiger partial charge in [-0.05, 0) is 30.2 Å². The van der Waals surface area contributed by atoms with E-state index in [1.807, 2.05) is 46.6 Å². The number of hydrogen-bond donors (Lipinski definition) is 2. The van der Waals surface area contributed by atoms with Gasteiger partial charge in [-0.15, -0.1) is 11.3 Å². The number of urea groups is 1. The average Bonchev–Trinajstić information content (AvgIpc) is 3.21. The number of nitrogens with zero attached hydrogens (tertiary/aromatic N) is 3. The maximum atomic E-state index is 11.6. The van der Waals surface area contributed by atoms with Crippen LogP contribution in [0, 0.1) is 0 Å². The molecular formula is C15H15N5OS. The zero-order valence-electron chi connectivity index (χ0n) is 11.8. The van der Waals surface area contributed by atoms with E-state index >= 15 is 0 Å². The quantitative estimate of drug-likeness (QED) is 0.760. The Bertz CT molecular complexity index is 707. The van der Waals surface area contributed by atoms with Crippen LogP contribution < -0.4 is 10.6 Å². The minimum atomic E-state index is -0.233. The number of aromatic nitrogens is 3. The number of anilines is 1. The first-order chi connectivity index (χ1) is 10.8. The Morgan fingerprint density at radius 2 is 2.09 bits per heavy atom. The Kier molecular flexibility index (Phi) is 4.45. The third kappa shape index (κ3) is 3.70. The van der Waals surface area contributed by atoms with E-state index in [4.69, 9.17) is 0 Å². The van der Waals surface area contributed by atoms with Gasteiger partial charge in [-0.1, -0.05) is 12.1 Å². The summed E-state index contributed by atoms with van der Waals surface area (Å²) in [5, 5.41) is 12.1. The van der Waals surface area contributed by atoms with Gasteiger partial charge in [0.05, 0.1) is 5.69 Å². The SMILES string of the molecule is O=C(NCCc1ccc(-n2cccn2)cc1)Nc1nccs1. The second-order valence-corrected chi connectivity index (χ2v) is 5.48. The van der Waals surface area contributed by atoms with Crippen molar-refractivity contribution in [1.82, 2.24) is 20.1 Å². The molecule has 0 unspecified atom stereocenters. The van der Waals surface area contributed by atoms with Crippen molar-refractivity contribution in [3.8, 4) is 5.69 Å². The van der Waals surface area contributed by atoms with Crippen molar-refractivity contribution in [3.05, 3.63) is 59.9 Å². The number of nitrogens with one attached hydrogen (secondary N) is 2. The summed E-state index contributed by atoms with van der Waals surface area (Å²) in [5.74, 6) is 0. The van der Waals surface area contributed by atoms with Crippen LogP contribution in [0.5, 0.6) is 0 Å². The van der Waals surface area contributed by atoms with E-state index in [1.54, 1.807) is 12.4 Å². The Morgan fingerprint density at radius 3 is 2.77 bits per heavy atom. The summed E-state index contributed by atoms with van der Waals surface area (Å²) in [4.78, 5) is 15.6. The number of carbonyl (C=O) groups is 1. The molecule has 0 radical (unpaired) electrons. The van der Waals surface area contributed by atoms with Crippen molar-refractivity contribution < 1.29 is 4.79 Å². The molecule has 3 aromatic rings. The number of benzene rings is 1. The van der Waals surface area contributed by atoms with Crippen LogP contribution in [-0.4, -0.2) is 27.3 Å². The fraction of sp³-hybridized carbons (Fsp3) is 0.133. The first-order valence-electron chi connectivity index (χ1n) is 6.84. The molecular weight excluding hydrogens is 298 g/mol. The van der Waals surface area contributed by atoms with Crippen molar-refractivity contribution >= 4 is 22.5 Å². The minimum Gasteiger partial charge on any atom is -0.337 e. The third-order valence-electron chi connectivity index (χ3n) is 3.06. The van der Waals surface area contributed by atoms with Gasteiger partial charge in [-0.2, -0.15) is 5.10 Å². The normalized spacial score (nSPS) is 10.4. The minimum absolute atomic E-state index is 0.233. The highest BCUT2D eigenvalue weighted by Gasteiger charge is 2.03. The summed E-state index contributed by atoms with van der Waals surface area (Å²) in [6.45, 7) is 0.568. The predicted octanol–water partition coefficient (Wildman–Crippen LogP) is 2.69. The van der Waals surface area contributed by atoms with Gasteiger partial charge in [0.1, 0.15) is 0 Å². The van der Waals surface area contributed by atoms with E-state index in [9.17, 15) is 4.79 Å². The van der Waals surface area contributed by atoms with Gasteiger partial charge >= 0.3 is 6.03 Å². The zero-order valence-corrected chi connectivity index (χ0v) is 12.6. The van der Waals surface area contributed by atoms with E-state index in [1.165, 1.54) is 11.3 Å². The lowest BCUT2D eigenvalue weighted by atomic mass is 10.1. The molecule has 3 rings (SSSR count). The Labute approximate surface area is 131 Å². The fourth-order valence-corrected chi connectivity index (χ4v) is 2.51. The molecule has 0 atom stereocenters. The molecule has 0 aliphatic carbocycles. The highest BCUT2D eigenvalue weighted by atomic mass is 32.1. The largest absolute Gasteiger partial charge is 0.337 e. The predicted molar refractivity (Wildman–Crippen MR) is 86.4 cm³/mol. The van der Waals surface area contributed by atoms with Gasteiger partial charge in [0.15, 0.2) is 5.13 Å². The lowest BCUT2D eigenvalue weighted by molar-refractivity contribution is 0.252. The van der Waals surface area contributed by atoms with Gasteiger partial charge in [0.2, 0.25) is 0 Å². The van der Waals surface area contributed by atoms with Crippen molar-refractivity contribution in [2.24, 2.45) is 0 Å². The molecule has 0 aliphatic heterocycles. The molecule has 0 spiro atoms. The number of thiazole rings is 1. The van der Waals surface area contributed by atoms with E-state index in [-0.39, 0.29) is 6.03 Å². The maximum absolute atomic E-state index is 11.6. The summed E-state index contributed by atoms with van der Waals surface area (Å²) in [6.07, 6.45) is 6.07. The fourth-order valence-electron chi connectivity index (χ4n) is 1.98. The molecule has 2 amide bonds. The van der Waals surface area contributed by atoms with Crippen LogP contribution in [0.15, 0.2) is 54.3 Å². The molecule has 0 bridgehead atoms. The van der Waals surface area contributed by atoms with Gasteiger partial charge in [0.25, 0.3) is 0 Å². The monoisotopic (exact) mass is 313 g/mol. The lowest BCUT2D eigenvalue weighted by Crippen LogP contribution is -2.30. The van der Waals surface area contributed by atoms with Crippen molar-refractivity contribution in [3.63, 3.8) is 0 Å². The van der Waals surface area contributed by atoms with Crippen LogP contribution in [0.1, 0.15) is 5.56 Å². The highest BCUT2D eigenvalue weighted by Crippen LogP contribution is 2.10. The number of hydrogen-bond acceptors (Lipinski definition) is 4. The Balaban J connectivity index is 1.46.